The van der Waals surface area contributed by atoms with Crippen LogP contribution in [0.3, 0.4) is 0 Å². The smallest absolute Gasteiger partial charge is 0.200 e. The van der Waals surface area contributed by atoms with E-state index in [0.29, 0.717) is 5.56 Å². The molecule has 0 aromatic heterocycles. The zero-order valence-corrected chi connectivity index (χ0v) is 7.70. The van der Waals surface area contributed by atoms with E-state index in [2.05, 4.69) is 0 Å². The van der Waals surface area contributed by atoms with Gasteiger partial charge in [-0.15, -0.1) is 0 Å². The highest BCUT2D eigenvalue weighted by molar-refractivity contribution is 5.55. The largest absolute Gasteiger partial charge is 0.504 e. The van der Waals surface area contributed by atoms with Gasteiger partial charge in [-0.25, -0.2) is 0 Å². The Labute approximate surface area is 81.6 Å². The van der Waals surface area contributed by atoms with Crippen molar-refractivity contribution in [2.24, 2.45) is 5.73 Å². The lowest BCUT2D eigenvalue weighted by Gasteiger charge is -2.38. The Morgan fingerprint density at radius 3 is 2.21 bits per heavy atom. The number of hydrogen-bond donors (Lipinski definition) is 4. The maximum absolute atomic E-state index is 9.59. The van der Waals surface area contributed by atoms with Crippen LogP contribution < -0.4 is 5.73 Å². The summed E-state index contributed by atoms with van der Waals surface area (Å²) >= 11 is 0. The van der Waals surface area contributed by atoms with Gasteiger partial charge in [0.15, 0.2) is 11.5 Å². The Morgan fingerprint density at radius 2 is 1.71 bits per heavy atom. The topological polar surface area (TPSA) is 86.7 Å². The van der Waals surface area contributed by atoms with E-state index in [9.17, 15) is 10.2 Å². The number of phenolic OH excluding ortho intramolecular Hbond substituents is 3. The summed E-state index contributed by atoms with van der Waals surface area (Å²) in [6.45, 7) is 0. The molecule has 14 heavy (non-hydrogen) atoms. The van der Waals surface area contributed by atoms with Crippen LogP contribution in [0.2, 0.25) is 0 Å². The molecule has 1 saturated carbocycles. The van der Waals surface area contributed by atoms with Crippen LogP contribution in [0.15, 0.2) is 12.1 Å². The molecule has 4 heteroatoms. The summed E-state index contributed by atoms with van der Waals surface area (Å²) in [5, 5.41) is 28.0. The third-order valence-corrected chi connectivity index (χ3v) is 2.91. The van der Waals surface area contributed by atoms with E-state index >= 15 is 0 Å². The van der Waals surface area contributed by atoms with Crippen molar-refractivity contribution in [2.75, 3.05) is 0 Å². The minimum absolute atomic E-state index is 0.299. The van der Waals surface area contributed by atoms with Crippen LogP contribution in [-0.2, 0) is 5.54 Å². The average Bonchev–Trinajstić information content (AvgIpc) is 2.11. The first-order valence-electron chi connectivity index (χ1n) is 4.58. The first-order valence-corrected chi connectivity index (χ1v) is 4.58. The molecule has 0 bridgehead atoms. The minimum Gasteiger partial charge on any atom is -0.504 e. The lowest BCUT2D eigenvalue weighted by molar-refractivity contribution is 0.242. The summed E-state index contributed by atoms with van der Waals surface area (Å²) in [5.74, 6) is -1.11. The third-order valence-electron chi connectivity index (χ3n) is 2.91. The molecule has 0 atom stereocenters. The fraction of sp³-hybridized carbons (Fsp3) is 0.400. The maximum atomic E-state index is 9.59. The van der Waals surface area contributed by atoms with Crippen molar-refractivity contribution in [3.05, 3.63) is 17.7 Å². The van der Waals surface area contributed by atoms with E-state index in [0.717, 1.165) is 19.3 Å². The lowest BCUT2D eigenvalue weighted by atomic mass is 9.72. The Bertz CT molecular complexity index is 372. The standard InChI is InChI=1S/C10H13NO3/c11-10(4-1-5-10)6-2-3-7(12)9(14)8(6)13/h2-3,12-14H,1,4-5,11H2. The first kappa shape index (κ1) is 9.15. The molecular weight excluding hydrogens is 182 g/mol. The SMILES string of the molecule is NC1(c2ccc(O)c(O)c2O)CCC1. The molecule has 1 aliphatic rings. The van der Waals surface area contributed by atoms with Gasteiger partial charge in [0.2, 0.25) is 5.75 Å². The Kier molecular flexibility index (Phi) is 1.82. The van der Waals surface area contributed by atoms with Crippen LogP contribution in [0.1, 0.15) is 24.8 Å². The van der Waals surface area contributed by atoms with Gasteiger partial charge in [-0.2, -0.15) is 0 Å². The fourth-order valence-corrected chi connectivity index (χ4v) is 1.80. The molecule has 5 N–H and O–H groups in total. The summed E-state index contributed by atoms with van der Waals surface area (Å²) in [6.07, 6.45) is 2.62. The molecule has 4 nitrogen and oxygen atoms in total. The van der Waals surface area contributed by atoms with Gasteiger partial charge >= 0.3 is 0 Å². The predicted octanol–water partition coefficient (Wildman–Crippen LogP) is 1.14. The molecule has 1 aromatic rings. The Balaban J connectivity index is 2.49. The van der Waals surface area contributed by atoms with Gasteiger partial charge in [0.05, 0.1) is 0 Å². The minimum atomic E-state index is -0.532. The number of rotatable bonds is 1. The first-order chi connectivity index (χ1) is 6.54. The summed E-state index contributed by atoms with van der Waals surface area (Å²) in [6, 6.07) is 2.90. The van der Waals surface area contributed by atoms with E-state index in [1.165, 1.54) is 6.07 Å². The van der Waals surface area contributed by atoms with E-state index in [4.69, 9.17) is 10.8 Å². The third kappa shape index (κ3) is 1.11. The van der Waals surface area contributed by atoms with Crippen LogP contribution in [-0.4, -0.2) is 15.3 Å². The van der Waals surface area contributed by atoms with Crippen molar-refractivity contribution in [3.63, 3.8) is 0 Å². The molecule has 0 amide bonds. The molecule has 1 aliphatic carbocycles. The van der Waals surface area contributed by atoms with Gasteiger partial charge in [-0.05, 0) is 31.4 Å². The van der Waals surface area contributed by atoms with Gasteiger partial charge in [0.1, 0.15) is 0 Å². The highest BCUT2D eigenvalue weighted by Crippen LogP contribution is 2.47. The van der Waals surface area contributed by atoms with Gasteiger partial charge in [-0.3, -0.25) is 0 Å². The van der Waals surface area contributed by atoms with Crippen molar-refractivity contribution < 1.29 is 15.3 Å². The number of benzene rings is 1. The maximum Gasteiger partial charge on any atom is 0.200 e. The van der Waals surface area contributed by atoms with Crippen LogP contribution in [0.25, 0.3) is 0 Å². The van der Waals surface area contributed by atoms with Gasteiger partial charge in [-0.1, -0.05) is 0 Å². The zero-order chi connectivity index (χ0) is 10.3. The second-order valence-corrected chi connectivity index (χ2v) is 3.84. The van der Waals surface area contributed by atoms with Crippen LogP contribution in [0, 0.1) is 0 Å². The van der Waals surface area contributed by atoms with Crippen LogP contribution in [0.4, 0.5) is 0 Å². The highest BCUT2D eigenvalue weighted by Gasteiger charge is 2.37. The summed E-state index contributed by atoms with van der Waals surface area (Å²) < 4.78 is 0. The zero-order valence-electron chi connectivity index (χ0n) is 7.70. The van der Waals surface area contributed by atoms with Crippen molar-refractivity contribution in [1.82, 2.24) is 0 Å². The predicted molar refractivity (Wildman–Crippen MR) is 51.2 cm³/mol. The monoisotopic (exact) mass is 195 g/mol. The molecular formula is C10H13NO3. The molecule has 2 rings (SSSR count). The number of nitrogens with two attached hydrogens (primary N) is 1. The Morgan fingerprint density at radius 1 is 1.07 bits per heavy atom. The normalized spacial score (nSPS) is 18.9. The summed E-state index contributed by atoms with van der Waals surface area (Å²) in [5.41, 5.74) is 5.97. The van der Waals surface area contributed by atoms with Gasteiger partial charge in [0.25, 0.3) is 0 Å². The molecule has 0 spiro atoms. The number of aromatic hydroxyl groups is 3. The van der Waals surface area contributed by atoms with E-state index in [1.54, 1.807) is 6.07 Å². The van der Waals surface area contributed by atoms with Crippen LogP contribution >= 0.6 is 0 Å². The molecule has 0 aliphatic heterocycles. The molecule has 1 aromatic carbocycles. The molecule has 76 valence electrons. The van der Waals surface area contributed by atoms with Crippen molar-refractivity contribution in [3.8, 4) is 17.2 Å². The quantitative estimate of drug-likeness (QED) is 0.506. The summed E-state index contributed by atoms with van der Waals surface area (Å²) in [4.78, 5) is 0. The van der Waals surface area contributed by atoms with Gasteiger partial charge in [0, 0.05) is 11.1 Å². The molecule has 0 radical (unpaired) electrons. The summed E-state index contributed by atoms with van der Waals surface area (Å²) in [7, 11) is 0. The number of phenols is 3. The molecule has 0 unspecified atom stereocenters. The Hall–Kier alpha value is -1.42. The molecule has 0 saturated heterocycles. The van der Waals surface area contributed by atoms with Crippen molar-refractivity contribution >= 4 is 0 Å². The fourth-order valence-electron chi connectivity index (χ4n) is 1.80. The van der Waals surface area contributed by atoms with Crippen molar-refractivity contribution in [1.29, 1.82) is 0 Å². The number of hydrogen-bond acceptors (Lipinski definition) is 4. The van der Waals surface area contributed by atoms with Crippen molar-refractivity contribution in [2.45, 2.75) is 24.8 Å². The van der Waals surface area contributed by atoms with Gasteiger partial charge < -0.3 is 21.1 Å². The van der Waals surface area contributed by atoms with E-state index < -0.39 is 11.3 Å². The lowest BCUT2D eigenvalue weighted by Crippen LogP contribution is -2.43. The molecule has 1 fully saturated rings. The van der Waals surface area contributed by atoms with E-state index in [1.807, 2.05) is 0 Å². The average molecular weight is 195 g/mol. The van der Waals surface area contributed by atoms with Crippen LogP contribution in [0.5, 0.6) is 17.2 Å². The second kappa shape index (κ2) is 2.78. The molecule has 0 heterocycles. The van der Waals surface area contributed by atoms with E-state index in [-0.39, 0.29) is 11.5 Å². The second-order valence-electron chi connectivity index (χ2n) is 3.84. The highest BCUT2D eigenvalue weighted by atomic mass is 16.3.